The van der Waals surface area contributed by atoms with Gasteiger partial charge in [0.05, 0.1) is 0 Å². The maximum Gasteiger partial charge on any atom is 0.254 e. The van der Waals surface area contributed by atoms with Gasteiger partial charge in [-0.1, -0.05) is 13.8 Å². The van der Waals surface area contributed by atoms with E-state index in [-0.39, 0.29) is 24.4 Å². The second-order valence-corrected chi connectivity index (χ2v) is 5.99. The quantitative estimate of drug-likeness (QED) is 0.921. The third-order valence-corrected chi connectivity index (χ3v) is 3.51. The van der Waals surface area contributed by atoms with E-state index in [1.165, 1.54) is 11.3 Å². The van der Waals surface area contributed by atoms with Crippen molar-refractivity contribution in [2.75, 3.05) is 18.4 Å². The normalized spacial score (nSPS) is 12.9. The Morgan fingerprint density at radius 1 is 1.30 bits per heavy atom. The summed E-state index contributed by atoms with van der Waals surface area (Å²) in [4.78, 5) is 14.6. The highest BCUT2D eigenvalue weighted by atomic mass is 35.5. The first-order chi connectivity index (χ1) is 8.99. The molecule has 0 aromatic heterocycles. The van der Waals surface area contributed by atoms with E-state index >= 15 is 0 Å². The molecule has 0 bridgehead atoms. The number of carbonyl (C=O) groups is 1. The Bertz CT molecular complexity index is 472. The smallest absolute Gasteiger partial charge is 0.254 e. The largest absolute Gasteiger partial charge is 0.384 e. The molecule has 0 saturated heterocycles. The Hall–Kier alpha value is -1.22. The van der Waals surface area contributed by atoms with E-state index in [9.17, 15) is 4.79 Å². The summed E-state index contributed by atoms with van der Waals surface area (Å²) in [7, 11) is 0. The van der Waals surface area contributed by atoms with Crippen LogP contribution >= 0.6 is 12.4 Å². The van der Waals surface area contributed by atoms with Crippen LogP contribution in [0.15, 0.2) is 18.2 Å². The van der Waals surface area contributed by atoms with E-state index in [1.807, 2.05) is 23.1 Å². The number of anilines is 1. The second kappa shape index (κ2) is 6.98. The monoisotopic (exact) mass is 296 g/mol. The minimum Gasteiger partial charge on any atom is -0.384 e. The van der Waals surface area contributed by atoms with Gasteiger partial charge in [0.15, 0.2) is 0 Å². The third kappa shape index (κ3) is 3.66. The van der Waals surface area contributed by atoms with E-state index in [0.29, 0.717) is 5.92 Å². The molecule has 0 radical (unpaired) electrons. The average Bonchev–Trinajstić information content (AvgIpc) is 2.81. The highest BCUT2D eigenvalue weighted by molar-refractivity contribution is 5.95. The molecule has 0 fully saturated rings. The van der Waals surface area contributed by atoms with Crippen LogP contribution in [0.5, 0.6) is 0 Å². The van der Waals surface area contributed by atoms with Crippen LogP contribution in [0.4, 0.5) is 5.69 Å². The van der Waals surface area contributed by atoms with Gasteiger partial charge in [-0.05, 0) is 49.9 Å². The lowest BCUT2D eigenvalue weighted by atomic mass is 10.1. The van der Waals surface area contributed by atoms with E-state index in [0.717, 1.165) is 25.1 Å². The van der Waals surface area contributed by atoms with Gasteiger partial charge in [-0.3, -0.25) is 4.79 Å². The molecule has 112 valence electrons. The number of carbonyl (C=O) groups excluding carboxylic acids is 1. The van der Waals surface area contributed by atoms with Crippen molar-refractivity contribution in [2.24, 2.45) is 5.92 Å². The molecule has 1 aliphatic heterocycles. The van der Waals surface area contributed by atoms with Gasteiger partial charge in [0, 0.05) is 30.4 Å². The molecule has 0 atom stereocenters. The number of rotatable bonds is 4. The van der Waals surface area contributed by atoms with Crippen LogP contribution in [0.1, 0.15) is 43.6 Å². The SMILES string of the molecule is CC(C)CN(C(=O)c1ccc2c(c1)CCN2)C(C)C.Cl. The first-order valence-electron chi connectivity index (χ1n) is 7.16. The summed E-state index contributed by atoms with van der Waals surface area (Å²) in [6.07, 6.45) is 1.02. The van der Waals surface area contributed by atoms with Crippen LogP contribution in [-0.4, -0.2) is 29.9 Å². The molecule has 4 heteroatoms. The zero-order chi connectivity index (χ0) is 14.0. The number of amides is 1. The molecule has 0 unspecified atom stereocenters. The fourth-order valence-electron chi connectivity index (χ4n) is 2.53. The number of hydrogen-bond donors (Lipinski definition) is 1. The Morgan fingerprint density at radius 2 is 2.00 bits per heavy atom. The lowest BCUT2D eigenvalue weighted by Crippen LogP contribution is -2.39. The lowest BCUT2D eigenvalue weighted by molar-refractivity contribution is 0.0682. The molecule has 1 aliphatic rings. The Morgan fingerprint density at radius 3 is 2.60 bits per heavy atom. The number of halogens is 1. The summed E-state index contributed by atoms with van der Waals surface area (Å²) in [5, 5.41) is 3.33. The van der Waals surface area contributed by atoms with Gasteiger partial charge in [-0.25, -0.2) is 0 Å². The summed E-state index contributed by atoms with van der Waals surface area (Å²) < 4.78 is 0. The van der Waals surface area contributed by atoms with Crippen LogP contribution in [0.25, 0.3) is 0 Å². The summed E-state index contributed by atoms with van der Waals surface area (Å²) >= 11 is 0. The molecule has 3 nitrogen and oxygen atoms in total. The fourth-order valence-corrected chi connectivity index (χ4v) is 2.53. The van der Waals surface area contributed by atoms with E-state index in [1.54, 1.807) is 0 Å². The van der Waals surface area contributed by atoms with Gasteiger partial charge in [0.25, 0.3) is 5.91 Å². The molecule has 0 aliphatic carbocycles. The maximum absolute atomic E-state index is 12.6. The minimum absolute atomic E-state index is 0. The van der Waals surface area contributed by atoms with Crippen molar-refractivity contribution in [1.82, 2.24) is 4.90 Å². The van der Waals surface area contributed by atoms with Gasteiger partial charge in [-0.2, -0.15) is 0 Å². The number of nitrogens with zero attached hydrogens (tertiary/aromatic N) is 1. The summed E-state index contributed by atoms with van der Waals surface area (Å²) in [6, 6.07) is 6.26. The number of nitrogens with one attached hydrogen (secondary N) is 1. The van der Waals surface area contributed by atoms with Crippen LogP contribution in [-0.2, 0) is 6.42 Å². The molecule has 1 heterocycles. The highest BCUT2D eigenvalue weighted by Gasteiger charge is 2.21. The molecular formula is C16H25ClN2O. The van der Waals surface area contributed by atoms with Crippen LogP contribution in [0.2, 0.25) is 0 Å². The Kier molecular flexibility index (Phi) is 5.88. The van der Waals surface area contributed by atoms with Crippen LogP contribution in [0, 0.1) is 5.92 Å². The molecule has 1 amide bonds. The first-order valence-corrected chi connectivity index (χ1v) is 7.16. The van der Waals surface area contributed by atoms with Crippen LogP contribution in [0.3, 0.4) is 0 Å². The number of benzene rings is 1. The van der Waals surface area contributed by atoms with E-state index < -0.39 is 0 Å². The lowest BCUT2D eigenvalue weighted by Gasteiger charge is -2.28. The fraction of sp³-hybridized carbons (Fsp3) is 0.562. The number of hydrogen-bond acceptors (Lipinski definition) is 2. The van der Waals surface area contributed by atoms with Gasteiger partial charge < -0.3 is 10.2 Å². The topological polar surface area (TPSA) is 32.3 Å². The molecular weight excluding hydrogens is 272 g/mol. The second-order valence-electron chi connectivity index (χ2n) is 5.99. The van der Waals surface area contributed by atoms with Gasteiger partial charge in [0.1, 0.15) is 0 Å². The number of fused-ring (bicyclic) bond motifs is 1. The van der Waals surface area contributed by atoms with Crippen molar-refractivity contribution in [3.8, 4) is 0 Å². The average molecular weight is 297 g/mol. The minimum atomic E-state index is 0. The van der Waals surface area contributed by atoms with Crippen molar-refractivity contribution < 1.29 is 4.79 Å². The summed E-state index contributed by atoms with van der Waals surface area (Å²) in [5.74, 6) is 0.640. The van der Waals surface area contributed by atoms with Crippen molar-refractivity contribution >= 4 is 24.0 Å². The van der Waals surface area contributed by atoms with Crippen molar-refractivity contribution in [1.29, 1.82) is 0 Å². The molecule has 20 heavy (non-hydrogen) atoms. The molecule has 1 N–H and O–H groups in total. The van der Waals surface area contributed by atoms with E-state index in [2.05, 4.69) is 33.0 Å². The highest BCUT2D eigenvalue weighted by Crippen LogP contribution is 2.24. The third-order valence-electron chi connectivity index (χ3n) is 3.51. The van der Waals surface area contributed by atoms with Crippen molar-refractivity contribution in [2.45, 2.75) is 40.2 Å². The predicted octanol–water partition coefficient (Wildman–Crippen LogP) is 3.58. The first kappa shape index (κ1) is 16.8. The zero-order valence-electron chi connectivity index (χ0n) is 12.8. The molecule has 2 rings (SSSR count). The zero-order valence-corrected chi connectivity index (χ0v) is 13.6. The maximum atomic E-state index is 12.6. The molecule has 1 aromatic rings. The van der Waals surface area contributed by atoms with Gasteiger partial charge in [-0.15, -0.1) is 12.4 Å². The van der Waals surface area contributed by atoms with Crippen molar-refractivity contribution in [3.63, 3.8) is 0 Å². The van der Waals surface area contributed by atoms with E-state index in [4.69, 9.17) is 0 Å². The standard InChI is InChI=1S/C16H24N2O.ClH/c1-11(2)10-18(12(3)4)16(19)14-5-6-15-13(9-14)7-8-17-15;/h5-6,9,11-12,17H,7-8,10H2,1-4H3;1H. The molecule has 1 aromatic carbocycles. The van der Waals surface area contributed by atoms with Gasteiger partial charge >= 0.3 is 0 Å². The Balaban J connectivity index is 0.00000200. The molecule has 0 saturated carbocycles. The van der Waals surface area contributed by atoms with Gasteiger partial charge in [0.2, 0.25) is 0 Å². The molecule has 0 spiro atoms. The Labute approximate surface area is 128 Å². The summed E-state index contributed by atoms with van der Waals surface area (Å²) in [6.45, 7) is 10.2. The summed E-state index contributed by atoms with van der Waals surface area (Å²) in [5.41, 5.74) is 3.26. The van der Waals surface area contributed by atoms with Crippen LogP contribution < -0.4 is 5.32 Å². The predicted molar refractivity (Wildman–Crippen MR) is 86.9 cm³/mol. The van der Waals surface area contributed by atoms with Crippen molar-refractivity contribution in [3.05, 3.63) is 29.3 Å².